The SMILES string of the molecule is COC(=O)Cc1nccc2cc(F)ccc12. The quantitative estimate of drug-likeness (QED) is 0.726. The number of halogens is 1. The normalized spacial score (nSPS) is 10.4. The Morgan fingerprint density at radius 1 is 1.44 bits per heavy atom. The van der Waals surface area contributed by atoms with Gasteiger partial charge in [-0.3, -0.25) is 9.78 Å². The van der Waals surface area contributed by atoms with Gasteiger partial charge in [0.1, 0.15) is 5.82 Å². The van der Waals surface area contributed by atoms with Gasteiger partial charge in [0.15, 0.2) is 0 Å². The summed E-state index contributed by atoms with van der Waals surface area (Å²) in [7, 11) is 1.33. The van der Waals surface area contributed by atoms with E-state index in [0.717, 1.165) is 10.8 Å². The molecule has 16 heavy (non-hydrogen) atoms. The molecule has 0 aliphatic heterocycles. The molecule has 1 aromatic carbocycles. The molecule has 4 heteroatoms. The summed E-state index contributed by atoms with van der Waals surface area (Å²) in [6.07, 6.45) is 1.65. The molecule has 0 aliphatic carbocycles. The maximum Gasteiger partial charge on any atom is 0.311 e. The van der Waals surface area contributed by atoms with Gasteiger partial charge in [0.05, 0.1) is 19.2 Å². The van der Waals surface area contributed by atoms with Gasteiger partial charge in [0, 0.05) is 11.6 Å². The van der Waals surface area contributed by atoms with E-state index in [4.69, 9.17) is 0 Å². The molecule has 2 rings (SSSR count). The van der Waals surface area contributed by atoms with Crippen LogP contribution in [0.3, 0.4) is 0 Å². The molecule has 0 aliphatic rings. The van der Waals surface area contributed by atoms with Crippen LogP contribution in [-0.4, -0.2) is 18.1 Å². The van der Waals surface area contributed by atoms with E-state index >= 15 is 0 Å². The molecule has 3 nitrogen and oxygen atoms in total. The number of hydrogen-bond donors (Lipinski definition) is 0. The first-order valence-electron chi connectivity index (χ1n) is 4.80. The van der Waals surface area contributed by atoms with Crippen LogP contribution in [0.25, 0.3) is 10.8 Å². The maximum absolute atomic E-state index is 13.0. The fourth-order valence-electron chi connectivity index (χ4n) is 1.56. The molecule has 0 bridgehead atoms. The number of ether oxygens (including phenoxy) is 1. The number of fused-ring (bicyclic) bond motifs is 1. The van der Waals surface area contributed by atoms with Crippen LogP contribution in [0.2, 0.25) is 0 Å². The van der Waals surface area contributed by atoms with Crippen molar-refractivity contribution in [1.82, 2.24) is 4.98 Å². The zero-order chi connectivity index (χ0) is 11.5. The summed E-state index contributed by atoms with van der Waals surface area (Å²) in [6, 6.07) is 6.09. The van der Waals surface area contributed by atoms with Gasteiger partial charge in [0.25, 0.3) is 0 Å². The van der Waals surface area contributed by atoms with E-state index in [1.54, 1.807) is 18.3 Å². The average Bonchev–Trinajstić information content (AvgIpc) is 2.28. The molecule has 0 amide bonds. The predicted octanol–water partition coefficient (Wildman–Crippen LogP) is 2.09. The van der Waals surface area contributed by atoms with Gasteiger partial charge < -0.3 is 4.74 Å². The first kappa shape index (κ1) is 10.5. The highest BCUT2D eigenvalue weighted by atomic mass is 19.1. The summed E-state index contributed by atoms with van der Waals surface area (Å²) >= 11 is 0. The molecule has 0 fully saturated rings. The number of rotatable bonds is 2. The number of hydrogen-bond acceptors (Lipinski definition) is 3. The molecule has 2 aromatic rings. The number of carbonyl (C=O) groups is 1. The Balaban J connectivity index is 2.49. The highest BCUT2D eigenvalue weighted by Crippen LogP contribution is 2.18. The largest absolute Gasteiger partial charge is 0.469 e. The first-order chi connectivity index (χ1) is 7.70. The van der Waals surface area contributed by atoms with E-state index in [1.165, 1.54) is 19.2 Å². The van der Waals surface area contributed by atoms with Crippen molar-refractivity contribution in [2.45, 2.75) is 6.42 Å². The number of esters is 1. The first-order valence-corrected chi connectivity index (χ1v) is 4.80. The lowest BCUT2D eigenvalue weighted by atomic mass is 10.1. The fraction of sp³-hybridized carbons (Fsp3) is 0.167. The molecular weight excluding hydrogens is 209 g/mol. The summed E-state index contributed by atoms with van der Waals surface area (Å²) in [5.74, 6) is -0.660. The number of carbonyl (C=O) groups excluding carboxylic acids is 1. The molecule has 1 aromatic heterocycles. The molecule has 82 valence electrons. The number of pyridine rings is 1. The third kappa shape index (κ3) is 2.00. The lowest BCUT2D eigenvalue weighted by Gasteiger charge is -2.04. The van der Waals surface area contributed by atoms with E-state index in [-0.39, 0.29) is 18.2 Å². The van der Waals surface area contributed by atoms with Gasteiger partial charge in [-0.2, -0.15) is 0 Å². The summed E-state index contributed by atoms with van der Waals surface area (Å²) in [4.78, 5) is 15.3. The lowest BCUT2D eigenvalue weighted by molar-refractivity contribution is -0.139. The van der Waals surface area contributed by atoms with E-state index in [0.29, 0.717) is 5.69 Å². The van der Waals surface area contributed by atoms with Crippen LogP contribution < -0.4 is 0 Å². The number of methoxy groups -OCH3 is 1. The highest BCUT2D eigenvalue weighted by molar-refractivity contribution is 5.87. The number of benzene rings is 1. The minimum Gasteiger partial charge on any atom is -0.469 e. The third-order valence-electron chi connectivity index (χ3n) is 2.35. The Morgan fingerprint density at radius 2 is 2.25 bits per heavy atom. The lowest BCUT2D eigenvalue weighted by Crippen LogP contribution is -2.06. The molecule has 1 heterocycles. The molecule has 0 unspecified atom stereocenters. The predicted molar refractivity (Wildman–Crippen MR) is 57.4 cm³/mol. The van der Waals surface area contributed by atoms with Crippen molar-refractivity contribution < 1.29 is 13.9 Å². The van der Waals surface area contributed by atoms with E-state index < -0.39 is 0 Å². The average molecular weight is 219 g/mol. The van der Waals surface area contributed by atoms with Crippen LogP contribution in [0.5, 0.6) is 0 Å². The van der Waals surface area contributed by atoms with Gasteiger partial charge >= 0.3 is 5.97 Å². The van der Waals surface area contributed by atoms with Crippen LogP contribution in [0.1, 0.15) is 5.69 Å². The Bertz CT molecular complexity index is 540. The maximum atomic E-state index is 13.0. The Hall–Kier alpha value is -1.97. The minimum atomic E-state index is -0.357. The zero-order valence-corrected chi connectivity index (χ0v) is 8.74. The van der Waals surface area contributed by atoms with Crippen LogP contribution in [0.15, 0.2) is 30.5 Å². The molecule has 0 saturated carbocycles. The molecular formula is C12H10FNO2. The van der Waals surface area contributed by atoms with E-state index in [9.17, 15) is 9.18 Å². The van der Waals surface area contributed by atoms with Gasteiger partial charge in [0.2, 0.25) is 0 Å². The molecule has 0 saturated heterocycles. The van der Waals surface area contributed by atoms with Gasteiger partial charge in [-0.05, 0) is 29.7 Å². The number of aromatic nitrogens is 1. The van der Waals surface area contributed by atoms with E-state index in [2.05, 4.69) is 9.72 Å². The van der Waals surface area contributed by atoms with E-state index in [1.807, 2.05) is 0 Å². The van der Waals surface area contributed by atoms with Gasteiger partial charge in [-0.25, -0.2) is 4.39 Å². The van der Waals surface area contributed by atoms with Crippen LogP contribution >= 0.6 is 0 Å². The Morgan fingerprint density at radius 3 is 3.00 bits per heavy atom. The Labute approximate surface area is 91.9 Å². The van der Waals surface area contributed by atoms with Crippen molar-refractivity contribution >= 4 is 16.7 Å². The second kappa shape index (κ2) is 4.26. The molecule has 0 atom stereocenters. The van der Waals surface area contributed by atoms with Crippen LogP contribution in [0.4, 0.5) is 4.39 Å². The number of nitrogens with zero attached hydrogens (tertiary/aromatic N) is 1. The van der Waals surface area contributed by atoms with Gasteiger partial charge in [-0.15, -0.1) is 0 Å². The van der Waals surface area contributed by atoms with Crippen molar-refractivity contribution in [3.63, 3.8) is 0 Å². The van der Waals surface area contributed by atoms with Crippen molar-refractivity contribution in [3.05, 3.63) is 42.0 Å². The summed E-state index contributed by atoms with van der Waals surface area (Å²) in [6.45, 7) is 0. The second-order valence-corrected chi connectivity index (χ2v) is 3.38. The van der Waals surface area contributed by atoms with Gasteiger partial charge in [-0.1, -0.05) is 0 Å². The standard InChI is InChI=1S/C12H10FNO2/c1-16-12(15)7-11-10-3-2-9(13)6-8(10)4-5-14-11/h2-6H,7H2,1H3. The van der Waals surface area contributed by atoms with Crippen molar-refractivity contribution in [2.75, 3.05) is 7.11 Å². The highest BCUT2D eigenvalue weighted by Gasteiger charge is 2.08. The minimum absolute atomic E-state index is 0.0967. The van der Waals surface area contributed by atoms with Crippen molar-refractivity contribution in [3.8, 4) is 0 Å². The molecule has 0 radical (unpaired) electrons. The van der Waals surface area contributed by atoms with Crippen molar-refractivity contribution in [2.24, 2.45) is 0 Å². The monoisotopic (exact) mass is 219 g/mol. The molecule has 0 spiro atoms. The third-order valence-corrected chi connectivity index (χ3v) is 2.35. The zero-order valence-electron chi connectivity index (χ0n) is 8.74. The summed E-state index contributed by atoms with van der Waals surface area (Å²) in [5, 5.41) is 1.50. The summed E-state index contributed by atoms with van der Waals surface area (Å²) in [5.41, 5.74) is 0.601. The molecule has 0 N–H and O–H groups in total. The fourth-order valence-corrected chi connectivity index (χ4v) is 1.56. The second-order valence-electron chi connectivity index (χ2n) is 3.38. The Kier molecular flexibility index (Phi) is 2.81. The topological polar surface area (TPSA) is 39.2 Å². The van der Waals surface area contributed by atoms with Crippen LogP contribution in [0, 0.1) is 5.82 Å². The smallest absolute Gasteiger partial charge is 0.311 e. The van der Waals surface area contributed by atoms with Crippen LogP contribution in [-0.2, 0) is 16.0 Å². The summed E-state index contributed by atoms with van der Waals surface area (Å²) < 4.78 is 17.6. The van der Waals surface area contributed by atoms with Crippen molar-refractivity contribution in [1.29, 1.82) is 0 Å².